The van der Waals surface area contributed by atoms with Crippen LogP contribution in [-0.4, -0.2) is 87.8 Å². The maximum atomic E-state index is 12.8. The lowest BCUT2D eigenvalue weighted by atomic mass is 10.1. The van der Waals surface area contributed by atoms with Crippen LogP contribution in [0.2, 0.25) is 0 Å². The summed E-state index contributed by atoms with van der Waals surface area (Å²) in [6.45, 7) is 0.454. The monoisotopic (exact) mass is 540 g/mol. The fourth-order valence-electron chi connectivity index (χ4n) is 4.38. The first-order valence-corrected chi connectivity index (χ1v) is 12.3. The second-order valence-corrected chi connectivity index (χ2v) is 9.92. The van der Waals surface area contributed by atoms with Gasteiger partial charge in [-0.15, -0.1) is 11.3 Å². The number of ether oxygens (including phenoxy) is 1. The van der Waals surface area contributed by atoms with Gasteiger partial charge in [0.2, 0.25) is 5.95 Å². The van der Waals surface area contributed by atoms with E-state index >= 15 is 0 Å². The Balaban J connectivity index is 1.67. The number of para-hydroxylation sites is 1. The SMILES string of the molecule is COC(=O)N(C)C[C@H]1C[C@@H](Nc2nc(NCC(F)(F)F)nc(C)c2-c2nc3ccccc3s2)[C@H](O)[C@@H]1O. The van der Waals surface area contributed by atoms with Gasteiger partial charge in [-0.05, 0) is 25.5 Å². The first-order chi connectivity index (χ1) is 17.5. The number of hydrogen-bond donors (Lipinski definition) is 4. The summed E-state index contributed by atoms with van der Waals surface area (Å²) >= 11 is 1.37. The molecule has 4 atom stereocenters. The Morgan fingerprint density at radius 2 is 1.95 bits per heavy atom. The first kappa shape index (κ1) is 26.8. The molecule has 4 rings (SSSR count). The second-order valence-electron chi connectivity index (χ2n) is 8.89. The van der Waals surface area contributed by atoms with E-state index in [0.29, 0.717) is 16.3 Å². The maximum absolute atomic E-state index is 12.8. The number of fused-ring (bicyclic) bond motifs is 1. The number of aromatic nitrogens is 3. The minimum Gasteiger partial charge on any atom is -0.453 e. The van der Waals surface area contributed by atoms with Gasteiger partial charge in [-0.1, -0.05) is 12.1 Å². The Morgan fingerprint density at radius 1 is 1.22 bits per heavy atom. The highest BCUT2D eigenvalue weighted by atomic mass is 32.1. The Morgan fingerprint density at radius 3 is 2.62 bits per heavy atom. The molecule has 0 radical (unpaired) electrons. The third-order valence-electron chi connectivity index (χ3n) is 6.16. The number of aryl methyl sites for hydroxylation is 1. The summed E-state index contributed by atoms with van der Waals surface area (Å²) in [5, 5.41) is 27.2. The molecule has 2 aromatic heterocycles. The lowest BCUT2D eigenvalue weighted by molar-refractivity contribution is -0.115. The van der Waals surface area contributed by atoms with Gasteiger partial charge in [0, 0.05) is 19.5 Å². The number of benzene rings is 1. The number of anilines is 2. The van der Waals surface area contributed by atoms with Crippen LogP contribution < -0.4 is 10.6 Å². The Bertz CT molecular complexity index is 1240. The molecular formula is C23H27F3N6O4S. The van der Waals surface area contributed by atoms with Crippen LogP contribution in [0, 0.1) is 12.8 Å². The van der Waals surface area contributed by atoms with E-state index in [2.05, 4.69) is 30.3 Å². The summed E-state index contributed by atoms with van der Waals surface area (Å²) in [6, 6.07) is 6.76. The van der Waals surface area contributed by atoms with Gasteiger partial charge >= 0.3 is 12.3 Å². The van der Waals surface area contributed by atoms with Crippen LogP contribution in [0.15, 0.2) is 24.3 Å². The van der Waals surface area contributed by atoms with E-state index in [1.165, 1.54) is 30.4 Å². The zero-order valence-corrected chi connectivity index (χ0v) is 21.1. The van der Waals surface area contributed by atoms with E-state index in [0.717, 1.165) is 10.2 Å². The van der Waals surface area contributed by atoms with E-state index < -0.39 is 43.0 Å². The molecule has 2 heterocycles. The molecule has 10 nitrogen and oxygen atoms in total. The number of carbonyl (C=O) groups is 1. The van der Waals surface area contributed by atoms with Crippen molar-refractivity contribution in [3.8, 4) is 10.6 Å². The van der Waals surface area contributed by atoms with Gasteiger partial charge in [0.05, 0.1) is 40.7 Å². The molecule has 0 aliphatic heterocycles. The van der Waals surface area contributed by atoms with Crippen LogP contribution in [0.5, 0.6) is 0 Å². The van der Waals surface area contributed by atoms with Gasteiger partial charge in [-0.25, -0.2) is 14.8 Å². The van der Waals surface area contributed by atoms with Crippen molar-refractivity contribution in [2.45, 2.75) is 37.8 Å². The summed E-state index contributed by atoms with van der Waals surface area (Å²) in [7, 11) is 2.76. The molecule has 1 aromatic carbocycles. The highest BCUT2D eigenvalue weighted by Gasteiger charge is 2.43. The fourth-order valence-corrected chi connectivity index (χ4v) is 5.44. The van der Waals surface area contributed by atoms with Crippen molar-refractivity contribution in [2.75, 3.05) is 37.9 Å². The predicted octanol–water partition coefficient (Wildman–Crippen LogP) is 3.26. The molecule has 37 heavy (non-hydrogen) atoms. The van der Waals surface area contributed by atoms with Crippen LogP contribution >= 0.6 is 11.3 Å². The number of nitrogens with zero attached hydrogens (tertiary/aromatic N) is 4. The lowest BCUT2D eigenvalue weighted by Gasteiger charge is -2.22. The van der Waals surface area contributed by atoms with Crippen LogP contribution in [0.3, 0.4) is 0 Å². The summed E-state index contributed by atoms with van der Waals surface area (Å²) < 4.78 is 44.0. The highest BCUT2D eigenvalue weighted by Crippen LogP contribution is 2.38. The number of thiazole rings is 1. The van der Waals surface area contributed by atoms with Crippen LogP contribution in [0.4, 0.5) is 29.7 Å². The van der Waals surface area contributed by atoms with Crippen molar-refractivity contribution in [3.05, 3.63) is 30.0 Å². The summed E-state index contributed by atoms with van der Waals surface area (Å²) in [5.41, 5.74) is 1.61. The second kappa shape index (κ2) is 10.6. The fraction of sp³-hybridized carbons (Fsp3) is 0.478. The van der Waals surface area contributed by atoms with Crippen molar-refractivity contribution in [2.24, 2.45) is 5.92 Å². The van der Waals surface area contributed by atoms with Crippen molar-refractivity contribution in [1.29, 1.82) is 0 Å². The first-order valence-electron chi connectivity index (χ1n) is 11.4. The van der Waals surface area contributed by atoms with E-state index in [9.17, 15) is 28.2 Å². The summed E-state index contributed by atoms with van der Waals surface area (Å²) in [6.07, 6.45) is -7.16. The predicted molar refractivity (Wildman–Crippen MR) is 132 cm³/mol. The number of aliphatic hydroxyl groups is 2. The Labute approximate surface area is 214 Å². The summed E-state index contributed by atoms with van der Waals surface area (Å²) in [4.78, 5) is 26.2. The third-order valence-corrected chi connectivity index (χ3v) is 7.22. The van der Waals surface area contributed by atoms with E-state index in [-0.39, 0.29) is 24.7 Å². The number of amides is 1. The van der Waals surface area contributed by atoms with E-state index in [4.69, 9.17) is 0 Å². The van der Waals surface area contributed by atoms with Crippen LogP contribution in [0.1, 0.15) is 12.1 Å². The average molecular weight is 541 g/mol. The van der Waals surface area contributed by atoms with Crippen LogP contribution in [0.25, 0.3) is 20.8 Å². The maximum Gasteiger partial charge on any atom is 0.409 e. The molecule has 0 unspecified atom stereocenters. The molecule has 1 saturated carbocycles. The molecule has 14 heteroatoms. The smallest absolute Gasteiger partial charge is 0.409 e. The van der Waals surface area contributed by atoms with Crippen molar-refractivity contribution < 1.29 is 32.9 Å². The molecule has 0 spiro atoms. The average Bonchev–Trinajstić information content (AvgIpc) is 3.38. The van der Waals surface area contributed by atoms with Gasteiger partial charge < -0.3 is 30.5 Å². The van der Waals surface area contributed by atoms with Gasteiger partial charge in [-0.2, -0.15) is 18.2 Å². The lowest BCUT2D eigenvalue weighted by Crippen LogP contribution is -2.38. The Kier molecular flexibility index (Phi) is 7.71. The quantitative estimate of drug-likeness (QED) is 0.356. The number of carbonyl (C=O) groups excluding carboxylic acids is 1. The molecule has 1 aliphatic carbocycles. The number of halogens is 3. The van der Waals surface area contributed by atoms with Gasteiger partial charge in [0.25, 0.3) is 0 Å². The zero-order chi connectivity index (χ0) is 26.9. The molecular weight excluding hydrogens is 513 g/mol. The van der Waals surface area contributed by atoms with Gasteiger partial charge in [0.1, 0.15) is 23.5 Å². The number of rotatable bonds is 7. The molecule has 1 aliphatic rings. The minimum absolute atomic E-state index is 0.134. The molecule has 200 valence electrons. The largest absolute Gasteiger partial charge is 0.453 e. The standard InChI is InChI=1S/C23H27F3N6O4S/c1-11-16(20-30-13-6-4-5-7-15(13)37-20)19(31-21(28-11)27-10-23(24,25)26)29-14-8-12(17(33)18(14)34)9-32(2)22(35)36-3/h4-7,12,14,17-18,33-34H,8-10H2,1-3H3,(H2,27,28,29,31)/t12-,14-,17-,18+/m1/s1. The number of hydrogen-bond acceptors (Lipinski definition) is 10. The number of alkyl halides is 3. The topological polar surface area (TPSA) is 133 Å². The van der Waals surface area contributed by atoms with Gasteiger partial charge in [-0.3, -0.25) is 0 Å². The molecule has 1 fully saturated rings. The molecule has 3 aromatic rings. The molecule has 1 amide bonds. The highest BCUT2D eigenvalue weighted by molar-refractivity contribution is 7.21. The number of nitrogens with one attached hydrogen (secondary N) is 2. The van der Waals surface area contributed by atoms with Crippen molar-refractivity contribution >= 4 is 39.4 Å². The number of methoxy groups -OCH3 is 1. The summed E-state index contributed by atoms with van der Waals surface area (Å²) in [5.74, 6) is -0.542. The normalized spacial score (nSPS) is 21.7. The third kappa shape index (κ3) is 6.02. The zero-order valence-electron chi connectivity index (χ0n) is 20.3. The van der Waals surface area contributed by atoms with E-state index in [1.807, 2.05) is 24.3 Å². The van der Waals surface area contributed by atoms with Crippen molar-refractivity contribution in [1.82, 2.24) is 19.9 Å². The van der Waals surface area contributed by atoms with E-state index in [1.54, 1.807) is 6.92 Å². The van der Waals surface area contributed by atoms with Crippen molar-refractivity contribution in [3.63, 3.8) is 0 Å². The minimum atomic E-state index is -4.47. The number of aliphatic hydroxyl groups excluding tert-OH is 2. The molecule has 0 saturated heterocycles. The van der Waals surface area contributed by atoms with Crippen LogP contribution in [-0.2, 0) is 4.74 Å². The molecule has 0 bridgehead atoms. The van der Waals surface area contributed by atoms with Gasteiger partial charge in [0.15, 0.2) is 0 Å². The molecule has 4 N–H and O–H groups in total. The Hall–Kier alpha value is -3.23.